The van der Waals surface area contributed by atoms with Crippen LogP contribution in [0.5, 0.6) is 0 Å². The molecule has 0 bridgehead atoms. The second kappa shape index (κ2) is 5.10. The number of aryl methyl sites for hydroxylation is 1. The molecule has 5 nitrogen and oxygen atoms in total. The van der Waals surface area contributed by atoms with Crippen LogP contribution in [0.15, 0.2) is 6.07 Å². The third-order valence-electron chi connectivity index (χ3n) is 3.61. The number of likely N-dealkylation sites (N-methyl/N-ethyl adjacent to an activating group) is 1. The number of nitrogens with zero attached hydrogens (tertiary/aromatic N) is 3. The van der Waals surface area contributed by atoms with Gasteiger partial charge < -0.3 is 10.2 Å². The van der Waals surface area contributed by atoms with Gasteiger partial charge in [-0.2, -0.15) is 5.10 Å². The topological polar surface area (TPSA) is 50.2 Å². The molecule has 2 rings (SSSR count). The number of rotatable bonds is 3. The van der Waals surface area contributed by atoms with E-state index in [0.717, 1.165) is 25.2 Å². The van der Waals surface area contributed by atoms with Crippen molar-refractivity contribution in [3.05, 3.63) is 17.5 Å². The molecule has 1 saturated heterocycles. The highest BCUT2D eigenvalue weighted by Crippen LogP contribution is 2.16. The van der Waals surface area contributed by atoms with Crippen LogP contribution in [0.1, 0.15) is 42.4 Å². The SMILES string of the molecule is CC(C)c1cc(C(=O)N(C)C2CCNC2)n(C)n1. The minimum Gasteiger partial charge on any atom is -0.336 e. The lowest BCUT2D eigenvalue weighted by Gasteiger charge is -2.23. The van der Waals surface area contributed by atoms with Crippen LogP contribution in [0, 0.1) is 0 Å². The van der Waals surface area contributed by atoms with E-state index in [9.17, 15) is 4.79 Å². The van der Waals surface area contributed by atoms with Gasteiger partial charge in [0, 0.05) is 26.7 Å². The summed E-state index contributed by atoms with van der Waals surface area (Å²) in [6.07, 6.45) is 1.02. The third-order valence-corrected chi connectivity index (χ3v) is 3.61. The molecule has 18 heavy (non-hydrogen) atoms. The van der Waals surface area contributed by atoms with E-state index in [4.69, 9.17) is 0 Å². The molecule has 5 heteroatoms. The van der Waals surface area contributed by atoms with E-state index >= 15 is 0 Å². The van der Waals surface area contributed by atoms with Crippen molar-refractivity contribution in [2.45, 2.75) is 32.2 Å². The number of nitrogens with one attached hydrogen (secondary N) is 1. The van der Waals surface area contributed by atoms with Crippen molar-refractivity contribution in [2.75, 3.05) is 20.1 Å². The van der Waals surface area contributed by atoms with Crippen LogP contribution in [0.3, 0.4) is 0 Å². The van der Waals surface area contributed by atoms with Crippen molar-refractivity contribution in [2.24, 2.45) is 7.05 Å². The lowest BCUT2D eigenvalue weighted by Crippen LogP contribution is -2.39. The summed E-state index contributed by atoms with van der Waals surface area (Å²) in [5.41, 5.74) is 1.65. The van der Waals surface area contributed by atoms with Crippen LogP contribution in [-0.4, -0.2) is 46.8 Å². The Morgan fingerprint density at radius 3 is 2.83 bits per heavy atom. The zero-order chi connectivity index (χ0) is 13.3. The Morgan fingerprint density at radius 1 is 1.61 bits per heavy atom. The van der Waals surface area contributed by atoms with E-state index in [1.54, 1.807) is 4.68 Å². The van der Waals surface area contributed by atoms with Crippen LogP contribution in [0.25, 0.3) is 0 Å². The molecule has 100 valence electrons. The van der Waals surface area contributed by atoms with Gasteiger partial charge in [-0.25, -0.2) is 0 Å². The maximum atomic E-state index is 12.4. The Morgan fingerprint density at radius 2 is 2.33 bits per heavy atom. The van der Waals surface area contributed by atoms with Gasteiger partial charge in [0.2, 0.25) is 0 Å². The molecule has 1 unspecified atom stereocenters. The quantitative estimate of drug-likeness (QED) is 0.870. The first-order valence-corrected chi connectivity index (χ1v) is 6.52. The van der Waals surface area contributed by atoms with Crippen molar-refractivity contribution in [3.63, 3.8) is 0 Å². The fourth-order valence-corrected chi connectivity index (χ4v) is 2.29. The van der Waals surface area contributed by atoms with E-state index in [0.29, 0.717) is 17.7 Å². The van der Waals surface area contributed by atoms with Crippen molar-refractivity contribution >= 4 is 5.91 Å². The molecular formula is C13H22N4O. The standard InChI is InChI=1S/C13H22N4O/c1-9(2)11-7-12(17(4)15-11)13(18)16(3)10-5-6-14-8-10/h7,9-10,14H,5-6,8H2,1-4H3. The molecule has 1 aliphatic heterocycles. The molecule has 1 aliphatic rings. The van der Waals surface area contributed by atoms with Crippen LogP contribution in [0.4, 0.5) is 0 Å². The van der Waals surface area contributed by atoms with E-state index in [1.807, 2.05) is 25.1 Å². The summed E-state index contributed by atoms with van der Waals surface area (Å²) in [4.78, 5) is 14.3. The number of aromatic nitrogens is 2. The molecule has 0 spiro atoms. The number of hydrogen-bond donors (Lipinski definition) is 1. The molecule has 1 amide bonds. The molecule has 2 heterocycles. The van der Waals surface area contributed by atoms with E-state index in [-0.39, 0.29) is 5.91 Å². The average Bonchev–Trinajstić information content (AvgIpc) is 2.95. The van der Waals surface area contributed by atoms with Crippen LogP contribution in [0.2, 0.25) is 0 Å². The van der Waals surface area contributed by atoms with Gasteiger partial charge in [0.1, 0.15) is 5.69 Å². The maximum Gasteiger partial charge on any atom is 0.272 e. The van der Waals surface area contributed by atoms with Gasteiger partial charge >= 0.3 is 0 Å². The Kier molecular flexibility index (Phi) is 3.71. The van der Waals surface area contributed by atoms with Gasteiger partial charge in [-0.15, -0.1) is 0 Å². The molecule has 0 aliphatic carbocycles. The summed E-state index contributed by atoms with van der Waals surface area (Å²) in [7, 11) is 3.71. The minimum absolute atomic E-state index is 0.0607. The highest BCUT2D eigenvalue weighted by atomic mass is 16.2. The first-order chi connectivity index (χ1) is 8.50. The van der Waals surface area contributed by atoms with E-state index in [2.05, 4.69) is 24.3 Å². The Balaban J connectivity index is 2.17. The summed E-state index contributed by atoms with van der Waals surface area (Å²) >= 11 is 0. The zero-order valence-corrected chi connectivity index (χ0v) is 11.6. The molecule has 1 aromatic heterocycles. The van der Waals surface area contributed by atoms with Gasteiger partial charge in [-0.1, -0.05) is 13.8 Å². The summed E-state index contributed by atoms with van der Waals surface area (Å²) < 4.78 is 1.69. The summed E-state index contributed by atoms with van der Waals surface area (Å²) in [6, 6.07) is 2.21. The second-order valence-electron chi connectivity index (χ2n) is 5.30. The van der Waals surface area contributed by atoms with Gasteiger partial charge in [-0.3, -0.25) is 9.48 Å². The minimum atomic E-state index is 0.0607. The van der Waals surface area contributed by atoms with E-state index in [1.165, 1.54) is 0 Å². The van der Waals surface area contributed by atoms with Gasteiger partial charge in [0.25, 0.3) is 5.91 Å². The summed E-state index contributed by atoms with van der Waals surface area (Å²) in [5.74, 6) is 0.404. The lowest BCUT2D eigenvalue weighted by molar-refractivity contribution is 0.0732. The van der Waals surface area contributed by atoms with Gasteiger partial charge in [0.05, 0.1) is 5.69 Å². The maximum absolute atomic E-state index is 12.4. The van der Waals surface area contributed by atoms with E-state index < -0.39 is 0 Å². The van der Waals surface area contributed by atoms with Crippen LogP contribution in [-0.2, 0) is 7.05 Å². The molecule has 1 atom stereocenters. The fraction of sp³-hybridized carbons (Fsp3) is 0.692. The predicted molar refractivity (Wildman–Crippen MR) is 70.7 cm³/mol. The second-order valence-corrected chi connectivity index (χ2v) is 5.30. The number of carbonyl (C=O) groups excluding carboxylic acids is 1. The first kappa shape index (κ1) is 13.1. The number of carbonyl (C=O) groups is 1. The van der Waals surface area contributed by atoms with Crippen LogP contribution < -0.4 is 5.32 Å². The Hall–Kier alpha value is -1.36. The summed E-state index contributed by atoms with van der Waals surface area (Å²) in [6.45, 7) is 6.05. The lowest BCUT2D eigenvalue weighted by atomic mass is 10.1. The van der Waals surface area contributed by atoms with Crippen molar-refractivity contribution in [1.29, 1.82) is 0 Å². The number of hydrogen-bond acceptors (Lipinski definition) is 3. The van der Waals surface area contributed by atoms with Gasteiger partial charge in [0.15, 0.2) is 0 Å². The highest BCUT2D eigenvalue weighted by molar-refractivity contribution is 5.92. The van der Waals surface area contributed by atoms with Crippen LogP contribution >= 0.6 is 0 Å². The molecule has 0 radical (unpaired) electrons. The normalized spacial score (nSPS) is 19.5. The molecule has 1 aromatic rings. The Labute approximate surface area is 108 Å². The average molecular weight is 250 g/mol. The first-order valence-electron chi connectivity index (χ1n) is 6.52. The van der Waals surface area contributed by atoms with Crippen molar-refractivity contribution in [1.82, 2.24) is 20.0 Å². The molecule has 1 fully saturated rings. The molecular weight excluding hydrogens is 228 g/mol. The Bertz CT molecular complexity index is 432. The third kappa shape index (κ3) is 2.41. The van der Waals surface area contributed by atoms with Crippen molar-refractivity contribution in [3.8, 4) is 0 Å². The number of amides is 1. The molecule has 1 N–H and O–H groups in total. The fourth-order valence-electron chi connectivity index (χ4n) is 2.29. The molecule has 0 saturated carbocycles. The summed E-state index contributed by atoms with van der Waals surface area (Å²) in [5, 5.41) is 7.68. The smallest absolute Gasteiger partial charge is 0.272 e. The van der Waals surface area contributed by atoms with Crippen molar-refractivity contribution < 1.29 is 4.79 Å². The highest BCUT2D eigenvalue weighted by Gasteiger charge is 2.26. The largest absolute Gasteiger partial charge is 0.336 e. The monoisotopic (exact) mass is 250 g/mol. The van der Waals surface area contributed by atoms with Gasteiger partial charge in [-0.05, 0) is 24.9 Å². The molecule has 0 aromatic carbocycles. The zero-order valence-electron chi connectivity index (χ0n) is 11.6. The predicted octanol–water partition coefficient (Wildman–Crippen LogP) is 0.977.